The Morgan fingerprint density at radius 3 is 2.48 bits per heavy atom. The molecule has 4 nitrogen and oxygen atoms in total. The minimum absolute atomic E-state index is 0.117. The average molecular weight is 288 g/mol. The lowest BCUT2D eigenvalue weighted by molar-refractivity contribution is -0.120. The van der Waals surface area contributed by atoms with Crippen molar-refractivity contribution < 1.29 is 9.59 Å². The first-order chi connectivity index (χ1) is 10.2. The van der Waals surface area contributed by atoms with Crippen LogP contribution in [0.1, 0.15) is 43.0 Å². The first kappa shape index (κ1) is 15.5. The van der Waals surface area contributed by atoms with Gasteiger partial charge in [-0.05, 0) is 37.3 Å². The maximum atomic E-state index is 12.3. The molecule has 0 unspecified atom stereocenters. The van der Waals surface area contributed by atoms with Crippen molar-refractivity contribution in [2.24, 2.45) is 5.92 Å². The molecule has 0 radical (unpaired) electrons. The van der Waals surface area contributed by atoms with Crippen LogP contribution in [0.4, 0.5) is 0 Å². The van der Waals surface area contributed by atoms with Crippen LogP contribution in [0, 0.1) is 5.92 Å². The number of rotatable bonds is 5. The van der Waals surface area contributed by atoms with E-state index >= 15 is 0 Å². The summed E-state index contributed by atoms with van der Waals surface area (Å²) in [5, 5.41) is 2.92. The van der Waals surface area contributed by atoms with Gasteiger partial charge in [0.25, 0.3) is 5.91 Å². The van der Waals surface area contributed by atoms with Crippen LogP contribution in [-0.2, 0) is 4.79 Å². The number of carbonyl (C=O) groups is 2. The van der Waals surface area contributed by atoms with Gasteiger partial charge in [-0.2, -0.15) is 0 Å². The largest absolute Gasteiger partial charge is 0.356 e. The summed E-state index contributed by atoms with van der Waals surface area (Å²) in [7, 11) is 0. The van der Waals surface area contributed by atoms with E-state index in [4.69, 9.17) is 0 Å². The van der Waals surface area contributed by atoms with Crippen molar-refractivity contribution >= 4 is 11.8 Å². The van der Waals surface area contributed by atoms with Crippen LogP contribution >= 0.6 is 0 Å². The molecular weight excluding hydrogens is 264 g/mol. The standard InChI is InChI=1S/C17H24N2O2/c1-2-16(20)18-11-8-14-9-12-19(13-10-14)17(21)15-6-4-3-5-7-15/h3-7,14H,2,8-13H2,1H3,(H,18,20). The lowest BCUT2D eigenvalue weighted by Gasteiger charge is -2.32. The molecule has 4 heteroatoms. The number of benzene rings is 1. The Balaban J connectivity index is 1.73. The quantitative estimate of drug-likeness (QED) is 0.905. The summed E-state index contributed by atoms with van der Waals surface area (Å²) in [5.41, 5.74) is 0.770. The van der Waals surface area contributed by atoms with Crippen molar-refractivity contribution in [2.75, 3.05) is 19.6 Å². The highest BCUT2D eigenvalue weighted by Gasteiger charge is 2.23. The first-order valence-corrected chi connectivity index (χ1v) is 7.81. The number of carbonyl (C=O) groups excluding carboxylic acids is 2. The summed E-state index contributed by atoms with van der Waals surface area (Å²) >= 11 is 0. The minimum Gasteiger partial charge on any atom is -0.356 e. The van der Waals surface area contributed by atoms with Gasteiger partial charge >= 0.3 is 0 Å². The molecule has 1 heterocycles. The summed E-state index contributed by atoms with van der Waals surface area (Å²) in [5.74, 6) is 0.863. The second-order valence-corrected chi connectivity index (χ2v) is 5.59. The number of hydrogen-bond acceptors (Lipinski definition) is 2. The molecule has 2 rings (SSSR count). The lowest BCUT2D eigenvalue weighted by atomic mass is 9.93. The van der Waals surface area contributed by atoms with E-state index in [0.717, 1.165) is 44.5 Å². The molecule has 1 aliphatic rings. The predicted molar refractivity (Wildman–Crippen MR) is 83.0 cm³/mol. The van der Waals surface area contributed by atoms with Gasteiger partial charge < -0.3 is 10.2 Å². The van der Waals surface area contributed by atoms with Crippen molar-refractivity contribution in [1.82, 2.24) is 10.2 Å². The van der Waals surface area contributed by atoms with E-state index in [9.17, 15) is 9.59 Å². The molecule has 1 aromatic carbocycles. The van der Waals surface area contributed by atoms with E-state index in [1.54, 1.807) is 0 Å². The third-order valence-electron chi connectivity index (χ3n) is 4.12. The number of nitrogens with one attached hydrogen (secondary N) is 1. The Kier molecular flexibility index (Phi) is 5.78. The zero-order chi connectivity index (χ0) is 15.1. The van der Waals surface area contributed by atoms with Crippen molar-refractivity contribution in [1.29, 1.82) is 0 Å². The summed E-state index contributed by atoms with van der Waals surface area (Å²) in [6.07, 6.45) is 3.62. The Morgan fingerprint density at radius 1 is 1.19 bits per heavy atom. The molecular formula is C17H24N2O2. The molecule has 1 aliphatic heterocycles. The van der Waals surface area contributed by atoms with Crippen LogP contribution in [0.5, 0.6) is 0 Å². The van der Waals surface area contributed by atoms with Gasteiger partial charge in [0, 0.05) is 31.6 Å². The van der Waals surface area contributed by atoms with Gasteiger partial charge in [0.15, 0.2) is 0 Å². The number of nitrogens with zero attached hydrogens (tertiary/aromatic N) is 1. The van der Waals surface area contributed by atoms with Crippen LogP contribution in [0.3, 0.4) is 0 Å². The van der Waals surface area contributed by atoms with Gasteiger partial charge in [0.05, 0.1) is 0 Å². The van der Waals surface area contributed by atoms with Crippen molar-refractivity contribution in [3.63, 3.8) is 0 Å². The number of piperidine rings is 1. The predicted octanol–water partition coefficient (Wildman–Crippen LogP) is 2.46. The zero-order valence-electron chi connectivity index (χ0n) is 12.7. The van der Waals surface area contributed by atoms with Crippen molar-refractivity contribution in [3.8, 4) is 0 Å². The Bertz CT molecular complexity index is 465. The van der Waals surface area contributed by atoms with E-state index in [2.05, 4.69) is 5.32 Å². The summed E-state index contributed by atoms with van der Waals surface area (Å²) in [6.45, 7) is 4.26. The van der Waals surface area contributed by atoms with Gasteiger partial charge in [-0.25, -0.2) is 0 Å². The highest BCUT2D eigenvalue weighted by atomic mass is 16.2. The number of likely N-dealkylation sites (tertiary alicyclic amines) is 1. The normalized spacial score (nSPS) is 15.8. The fraction of sp³-hybridized carbons (Fsp3) is 0.529. The van der Waals surface area contributed by atoms with E-state index in [1.807, 2.05) is 42.2 Å². The average Bonchev–Trinajstić information content (AvgIpc) is 2.55. The van der Waals surface area contributed by atoms with E-state index in [0.29, 0.717) is 12.3 Å². The fourth-order valence-electron chi connectivity index (χ4n) is 2.73. The van der Waals surface area contributed by atoms with Gasteiger partial charge in [0.1, 0.15) is 0 Å². The molecule has 1 saturated heterocycles. The van der Waals surface area contributed by atoms with Gasteiger partial charge in [0.2, 0.25) is 5.91 Å². The highest BCUT2D eigenvalue weighted by molar-refractivity contribution is 5.94. The molecule has 1 fully saturated rings. The molecule has 0 atom stereocenters. The van der Waals surface area contributed by atoms with E-state index in [1.165, 1.54) is 0 Å². The molecule has 1 aromatic rings. The Hall–Kier alpha value is -1.84. The van der Waals surface area contributed by atoms with Crippen LogP contribution in [-0.4, -0.2) is 36.3 Å². The van der Waals surface area contributed by atoms with Crippen LogP contribution in [0.2, 0.25) is 0 Å². The summed E-state index contributed by atoms with van der Waals surface area (Å²) in [6, 6.07) is 9.46. The SMILES string of the molecule is CCC(=O)NCCC1CCN(C(=O)c2ccccc2)CC1. The van der Waals surface area contributed by atoms with Crippen molar-refractivity contribution in [2.45, 2.75) is 32.6 Å². The maximum absolute atomic E-state index is 12.3. The summed E-state index contributed by atoms with van der Waals surface area (Å²) in [4.78, 5) is 25.4. The van der Waals surface area contributed by atoms with Crippen molar-refractivity contribution in [3.05, 3.63) is 35.9 Å². The second-order valence-electron chi connectivity index (χ2n) is 5.59. The zero-order valence-corrected chi connectivity index (χ0v) is 12.7. The minimum atomic E-state index is 0.117. The van der Waals surface area contributed by atoms with Gasteiger partial charge in [-0.3, -0.25) is 9.59 Å². The second kappa shape index (κ2) is 7.81. The molecule has 0 bridgehead atoms. The molecule has 2 amide bonds. The van der Waals surface area contributed by atoms with Crippen LogP contribution in [0.25, 0.3) is 0 Å². The number of hydrogen-bond donors (Lipinski definition) is 1. The fourth-order valence-corrected chi connectivity index (χ4v) is 2.73. The maximum Gasteiger partial charge on any atom is 0.253 e. The Labute approximate surface area is 126 Å². The van der Waals surface area contributed by atoms with Crippen LogP contribution < -0.4 is 5.32 Å². The van der Waals surface area contributed by atoms with Gasteiger partial charge in [-0.15, -0.1) is 0 Å². The lowest BCUT2D eigenvalue weighted by Crippen LogP contribution is -2.39. The van der Waals surface area contributed by atoms with E-state index < -0.39 is 0 Å². The van der Waals surface area contributed by atoms with E-state index in [-0.39, 0.29) is 11.8 Å². The molecule has 0 aromatic heterocycles. The topological polar surface area (TPSA) is 49.4 Å². The molecule has 0 aliphatic carbocycles. The third kappa shape index (κ3) is 4.59. The smallest absolute Gasteiger partial charge is 0.253 e. The summed E-state index contributed by atoms with van der Waals surface area (Å²) < 4.78 is 0. The molecule has 114 valence electrons. The number of amides is 2. The van der Waals surface area contributed by atoms with Gasteiger partial charge in [-0.1, -0.05) is 25.1 Å². The molecule has 21 heavy (non-hydrogen) atoms. The molecule has 1 N–H and O–H groups in total. The van der Waals surface area contributed by atoms with Crippen LogP contribution in [0.15, 0.2) is 30.3 Å². The molecule has 0 saturated carbocycles. The monoisotopic (exact) mass is 288 g/mol. The molecule has 0 spiro atoms. The highest BCUT2D eigenvalue weighted by Crippen LogP contribution is 2.21. The first-order valence-electron chi connectivity index (χ1n) is 7.81. The Morgan fingerprint density at radius 2 is 1.86 bits per heavy atom. The third-order valence-corrected chi connectivity index (χ3v) is 4.12.